The first-order valence-electron chi connectivity index (χ1n) is 6.11. The Bertz CT molecular complexity index is 587. The fraction of sp³-hybridized carbons (Fsp3) is 0.500. The molecule has 4 nitrogen and oxygen atoms in total. The van der Waals surface area contributed by atoms with Gasteiger partial charge in [0.05, 0.1) is 10.5 Å². The van der Waals surface area contributed by atoms with Crippen LogP contribution in [-0.2, 0) is 16.2 Å². The standard InChI is InChI=1S/C12H15F3N2O2S/c1-8-6-16-7-10(8)17-20(18,19)11-5-3-2-4-9(11)12(13,14)15/h2-5,8,10,16-17H,6-7H2,1H3. The summed E-state index contributed by atoms with van der Waals surface area (Å²) in [6.07, 6.45) is -4.70. The van der Waals surface area contributed by atoms with Crippen molar-refractivity contribution in [3.05, 3.63) is 29.8 Å². The Morgan fingerprint density at radius 2 is 1.90 bits per heavy atom. The highest BCUT2D eigenvalue weighted by Gasteiger charge is 2.38. The summed E-state index contributed by atoms with van der Waals surface area (Å²) in [5, 5.41) is 2.99. The van der Waals surface area contributed by atoms with Gasteiger partial charge in [-0.1, -0.05) is 19.1 Å². The Hall–Kier alpha value is -1.12. The first-order valence-corrected chi connectivity index (χ1v) is 7.59. The molecule has 1 aromatic rings. The third kappa shape index (κ3) is 3.13. The van der Waals surface area contributed by atoms with E-state index in [2.05, 4.69) is 10.0 Å². The zero-order chi connectivity index (χ0) is 15.0. The van der Waals surface area contributed by atoms with Crippen LogP contribution >= 0.6 is 0 Å². The molecule has 0 aliphatic carbocycles. The monoisotopic (exact) mass is 308 g/mol. The van der Waals surface area contributed by atoms with Gasteiger partial charge in [-0.2, -0.15) is 13.2 Å². The van der Waals surface area contributed by atoms with Gasteiger partial charge in [-0.25, -0.2) is 13.1 Å². The molecule has 112 valence electrons. The highest BCUT2D eigenvalue weighted by molar-refractivity contribution is 7.89. The molecule has 1 saturated heterocycles. The Balaban J connectivity index is 2.35. The minimum absolute atomic E-state index is 0.0304. The van der Waals surface area contributed by atoms with Crippen LogP contribution in [0.2, 0.25) is 0 Å². The fourth-order valence-electron chi connectivity index (χ4n) is 2.17. The van der Waals surface area contributed by atoms with E-state index in [0.29, 0.717) is 13.1 Å². The van der Waals surface area contributed by atoms with Crippen LogP contribution in [0.4, 0.5) is 13.2 Å². The second-order valence-electron chi connectivity index (χ2n) is 4.86. The normalized spacial score (nSPS) is 24.0. The highest BCUT2D eigenvalue weighted by atomic mass is 32.2. The lowest BCUT2D eigenvalue weighted by molar-refractivity contribution is -0.139. The lowest BCUT2D eigenvalue weighted by atomic mass is 10.1. The molecule has 0 saturated carbocycles. The molecule has 0 aromatic heterocycles. The highest BCUT2D eigenvalue weighted by Crippen LogP contribution is 2.34. The van der Waals surface area contributed by atoms with Gasteiger partial charge in [-0.05, 0) is 24.6 Å². The molecule has 0 amide bonds. The van der Waals surface area contributed by atoms with Crippen molar-refractivity contribution in [1.82, 2.24) is 10.0 Å². The van der Waals surface area contributed by atoms with Crippen LogP contribution < -0.4 is 10.0 Å². The van der Waals surface area contributed by atoms with Crippen LogP contribution in [0.3, 0.4) is 0 Å². The Morgan fingerprint density at radius 3 is 2.45 bits per heavy atom. The maximum absolute atomic E-state index is 12.9. The maximum Gasteiger partial charge on any atom is 0.417 e. The van der Waals surface area contributed by atoms with E-state index in [9.17, 15) is 21.6 Å². The molecule has 2 N–H and O–H groups in total. The molecular formula is C12H15F3N2O2S. The van der Waals surface area contributed by atoms with Crippen molar-refractivity contribution in [2.45, 2.75) is 24.0 Å². The molecule has 1 heterocycles. The van der Waals surface area contributed by atoms with Gasteiger partial charge >= 0.3 is 6.18 Å². The van der Waals surface area contributed by atoms with Crippen molar-refractivity contribution in [3.8, 4) is 0 Å². The summed E-state index contributed by atoms with van der Waals surface area (Å²) in [4.78, 5) is -0.730. The van der Waals surface area contributed by atoms with Crippen LogP contribution in [0.25, 0.3) is 0 Å². The van der Waals surface area contributed by atoms with E-state index >= 15 is 0 Å². The number of alkyl halides is 3. The van der Waals surface area contributed by atoms with Crippen LogP contribution in [0, 0.1) is 5.92 Å². The van der Waals surface area contributed by atoms with Crippen LogP contribution in [-0.4, -0.2) is 27.5 Å². The zero-order valence-electron chi connectivity index (χ0n) is 10.7. The van der Waals surface area contributed by atoms with Crippen molar-refractivity contribution >= 4 is 10.0 Å². The zero-order valence-corrected chi connectivity index (χ0v) is 11.6. The average Bonchev–Trinajstić information content (AvgIpc) is 2.73. The van der Waals surface area contributed by atoms with Crippen molar-refractivity contribution in [2.75, 3.05) is 13.1 Å². The number of halogens is 3. The minimum atomic E-state index is -4.70. The second-order valence-corrected chi connectivity index (χ2v) is 6.54. The summed E-state index contributed by atoms with van der Waals surface area (Å²) in [5.41, 5.74) is -1.15. The topological polar surface area (TPSA) is 58.2 Å². The van der Waals surface area contributed by atoms with Gasteiger partial charge in [0.25, 0.3) is 0 Å². The molecule has 1 fully saturated rings. The number of hydrogen-bond donors (Lipinski definition) is 2. The Kier molecular flexibility index (Phi) is 4.08. The summed E-state index contributed by atoms with van der Waals surface area (Å²) < 4.78 is 65.3. The molecular weight excluding hydrogens is 293 g/mol. The molecule has 0 spiro atoms. The number of sulfonamides is 1. The van der Waals surface area contributed by atoms with Gasteiger partial charge in [-0.3, -0.25) is 0 Å². The summed E-state index contributed by atoms with van der Waals surface area (Å²) in [6, 6.07) is 3.78. The van der Waals surface area contributed by atoms with Crippen molar-refractivity contribution in [1.29, 1.82) is 0 Å². The van der Waals surface area contributed by atoms with E-state index in [1.165, 1.54) is 12.1 Å². The molecule has 2 rings (SSSR count). The van der Waals surface area contributed by atoms with E-state index in [4.69, 9.17) is 0 Å². The molecule has 20 heavy (non-hydrogen) atoms. The fourth-order valence-corrected chi connectivity index (χ4v) is 3.74. The lowest BCUT2D eigenvalue weighted by Gasteiger charge is -2.18. The maximum atomic E-state index is 12.9. The Morgan fingerprint density at radius 1 is 1.25 bits per heavy atom. The first-order chi connectivity index (χ1) is 9.22. The van der Waals surface area contributed by atoms with E-state index in [1.807, 2.05) is 6.92 Å². The quantitative estimate of drug-likeness (QED) is 0.891. The van der Waals surface area contributed by atoms with Crippen LogP contribution in [0.1, 0.15) is 12.5 Å². The van der Waals surface area contributed by atoms with Gasteiger partial charge in [0.15, 0.2) is 0 Å². The molecule has 1 aliphatic heterocycles. The van der Waals surface area contributed by atoms with Crippen molar-refractivity contribution < 1.29 is 21.6 Å². The van der Waals surface area contributed by atoms with E-state index in [0.717, 1.165) is 12.1 Å². The van der Waals surface area contributed by atoms with Crippen LogP contribution in [0.15, 0.2) is 29.2 Å². The minimum Gasteiger partial charge on any atom is -0.315 e. The molecule has 0 radical (unpaired) electrons. The number of benzene rings is 1. The predicted molar refractivity (Wildman–Crippen MR) is 67.6 cm³/mol. The smallest absolute Gasteiger partial charge is 0.315 e. The number of rotatable bonds is 3. The van der Waals surface area contributed by atoms with Crippen molar-refractivity contribution in [3.63, 3.8) is 0 Å². The van der Waals surface area contributed by atoms with Crippen LogP contribution in [0.5, 0.6) is 0 Å². The molecule has 8 heteroatoms. The molecule has 1 aromatic carbocycles. The predicted octanol–water partition coefficient (Wildman–Crippen LogP) is 1.59. The van der Waals surface area contributed by atoms with Gasteiger partial charge < -0.3 is 5.32 Å². The first kappa shape index (κ1) is 15.3. The molecule has 1 aliphatic rings. The summed E-state index contributed by atoms with van der Waals surface area (Å²) >= 11 is 0. The summed E-state index contributed by atoms with van der Waals surface area (Å²) in [6.45, 7) is 2.88. The van der Waals surface area contributed by atoms with Crippen molar-refractivity contribution in [2.24, 2.45) is 5.92 Å². The second kappa shape index (κ2) is 5.34. The van der Waals surface area contributed by atoms with Gasteiger partial charge in [0, 0.05) is 12.6 Å². The van der Waals surface area contributed by atoms with Gasteiger partial charge in [0.1, 0.15) is 0 Å². The van der Waals surface area contributed by atoms with E-state index in [1.54, 1.807) is 0 Å². The van der Waals surface area contributed by atoms with Gasteiger partial charge in [-0.15, -0.1) is 0 Å². The third-order valence-corrected chi connectivity index (χ3v) is 4.85. The SMILES string of the molecule is CC1CNCC1NS(=O)(=O)c1ccccc1C(F)(F)F. The lowest BCUT2D eigenvalue weighted by Crippen LogP contribution is -2.40. The van der Waals surface area contributed by atoms with E-state index < -0.39 is 32.7 Å². The average molecular weight is 308 g/mol. The molecule has 0 bridgehead atoms. The number of nitrogens with one attached hydrogen (secondary N) is 2. The largest absolute Gasteiger partial charge is 0.417 e. The third-order valence-electron chi connectivity index (χ3n) is 3.31. The van der Waals surface area contributed by atoms with Gasteiger partial charge in [0.2, 0.25) is 10.0 Å². The molecule has 2 atom stereocenters. The summed E-state index contributed by atoms with van der Waals surface area (Å²) in [7, 11) is -4.20. The number of hydrogen-bond acceptors (Lipinski definition) is 3. The Labute approximate surface area is 115 Å². The van der Waals surface area contributed by atoms with E-state index in [-0.39, 0.29) is 5.92 Å². The summed E-state index contributed by atoms with van der Waals surface area (Å²) in [5.74, 6) is 0.0304. The molecule has 2 unspecified atom stereocenters.